The van der Waals surface area contributed by atoms with E-state index in [0.29, 0.717) is 0 Å². The molecule has 1 aromatic carbocycles. The normalized spacial score (nSPS) is 5.33. The molecule has 0 N–H and O–H groups in total. The summed E-state index contributed by atoms with van der Waals surface area (Å²) in [4.78, 5) is 0. The van der Waals surface area contributed by atoms with E-state index in [4.69, 9.17) is 0 Å². The fourth-order valence-electron chi connectivity index (χ4n) is 0.385. The molecule has 0 aliphatic rings. The average molecular weight is 257 g/mol. The first-order valence-corrected chi connectivity index (χ1v) is 2.00. The van der Waals surface area contributed by atoms with Crippen LogP contribution in [0.25, 0.3) is 0 Å². The Morgan fingerprint density at radius 3 is 0.778 bits per heavy atom. The van der Waals surface area contributed by atoms with Crippen molar-refractivity contribution in [3.05, 3.63) is 36.4 Å². The van der Waals surface area contributed by atoms with E-state index >= 15 is 0 Å². The van der Waals surface area contributed by atoms with Gasteiger partial charge in [0.1, 0.15) is 0 Å². The fourth-order valence-corrected chi connectivity index (χ4v) is 0.385. The van der Waals surface area contributed by atoms with Gasteiger partial charge in [-0.1, -0.05) is 36.4 Å². The van der Waals surface area contributed by atoms with Gasteiger partial charge in [-0.05, 0) is 0 Å². The first kappa shape index (κ1) is 16.3. The minimum absolute atomic E-state index is 0. The molecular formula is C6H10BrCuP. The molecule has 1 aromatic rings. The van der Waals surface area contributed by atoms with Crippen molar-refractivity contribution in [3.63, 3.8) is 0 Å². The van der Waals surface area contributed by atoms with Crippen LogP contribution in [0.2, 0.25) is 0 Å². The summed E-state index contributed by atoms with van der Waals surface area (Å²) in [5.74, 6) is 0. The summed E-state index contributed by atoms with van der Waals surface area (Å²) in [7, 11) is 0. The van der Waals surface area contributed by atoms with Gasteiger partial charge in [0.2, 0.25) is 0 Å². The van der Waals surface area contributed by atoms with Gasteiger partial charge in [-0.25, -0.2) is 0 Å². The Kier molecular flexibility index (Phi) is 20.8. The average Bonchev–Trinajstić information content (AvgIpc) is 1.72. The molecule has 0 aliphatic heterocycles. The molecule has 0 aromatic heterocycles. The maximum atomic E-state index is 2.00. The molecule has 0 amide bonds. The van der Waals surface area contributed by atoms with E-state index in [1.807, 2.05) is 36.4 Å². The molecule has 0 spiro atoms. The summed E-state index contributed by atoms with van der Waals surface area (Å²) in [5, 5.41) is 0. The molecule has 0 saturated heterocycles. The van der Waals surface area contributed by atoms with Crippen LogP contribution in [0.15, 0.2) is 36.4 Å². The fraction of sp³-hybridized carbons (Fsp3) is 0. The zero-order valence-corrected chi connectivity index (χ0v) is 8.95. The van der Waals surface area contributed by atoms with Gasteiger partial charge < -0.3 is 0 Å². The Morgan fingerprint density at radius 2 is 0.667 bits per heavy atom. The van der Waals surface area contributed by atoms with Crippen molar-refractivity contribution in [3.8, 4) is 0 Å². The van der Waals surface area contributed by atoms with Gasteiger partial charge in [-0.15, -0.1) is 17.0 Å². The Hall–Kier alpha value is 0.649. The smallest absolute Gasteiger partial charge is 0 e. The zero-order chi connectivity index (χ0) is 4.24. The van der Waals surface area contributed by atoms with Crippen molar-refractivity contribution in [1.82, 2.24) is 0 Å². The molecule has 0 saturated carbocycles. The predicted octanol–water partition coefficient (Wildman–Crippen LogP) is 2.32. The third-order valence-corrected chi connectivity index (χ3v) is 0.667. The van der Waals surface area contributed by atoms with Crippen LogP contribution in [0.5, 0.6) is 0 Å². The van der Waals surface area contributed by atoms with E-state index < -0.39 is 0 Å². The molecule has 0 aliphatic carbocycles. The third-order valence-electron chi connectivity index (χ3n) is 0.667. The second kappa shape index (κ2) is 11.4. The van der Waals surface area contributed by atoms with Crippen LogP contribution in [0.4, 0.5) is 0 Å². The first-order valence-electron chi connectivity index (χ1n) is 2.00. The molecule has 1 radical (unpaired) electrons. The monoisotopic (exact) mass is 255 g/mol. The van der Waals surface area contributed by atoms with E-state index in [9.17, 15) is 0 Å². The minimum atomic E-state index is 0. The van der Waals surface area contributed by atoms with Crippen LogP contribution in [0, 0.1) is 0 Å². The first-order chi connectivity index (χ1) is 3.00. The summed E-state index contributed by atoms with van der Waals surface area (Å²) >= 11 is 0. The number of hydrogen-bond acceptors (Lipinski definition) is 0. The van der Waals surface area contributed by atoms with Crippen molar-refractivity contribution in [2.75, 3.05) is 0 Å². The van der Waals surface area contributed by atoms with Crippen LogP contribution in [-0.4, -0.2) is 0 Å². The quantitative estimate of drug-likeness (QED) is 0.494. The Morgan fingerprint density at radius 1 is 0.556 bits per heavy atom. The van der Waals surface area contributed by atoms with Crippen molar-refractivity contribution in [1.29, 1.82) is 0 Å². The molecule has 1 unspecified atom stereocenters. The second-order valence-electron chi connectivity index (χ2n) is 1.15. The number of halogens is 1. The van der Waals surface area contributed by atoms with Gasteiger partial charge in [-0.3, -0.25) is 0 Å². The van der Waals surface area contributed by atoms with Crippen molar-refractivity contribution < 1.29 is 17.1 Å². The van der Waals surface area contributed by atoms with Crippen LogP contribution in [0.1, 0.15) is 0 Å². The topological polar surface area (TPSA) is 0 Å². The summed E-state index contributed by atoms with van der Waals surface area (Å²) in [6.07, 6.45) is 0. The largest absolute Gasteiger partial charge is 0.153 e. The number of hydrogen-bond donors (Lipinski definition) is 0. The summed E-state index contributed by atoms with van der Waals surface area (Å²) in [6, 6.07) is 12.0. The molecule has 0 nitrogen and oxygen atoms in total. The van der Waals surface area contributed by atoms with Crippen LogP contribution in [0.3, 0.4) is 0 Å². The van der Waals surface area contributed by atoms with Gasteiger partial charge in [0.15, 0.2) is 0 Å². The maximum Gasteiger partial charge on any atom is 0 e. The van der Waals surface area contributed by atoms with Crippen molar-refractivity contribution in [2.24, 2.45) is 0 Å². The molecule has 0 fully saturated rings. The van der Waals surface area contributed by atoms with E-state index in [1.165, 1.54) is 0 Å². The SMILES string of the molecule is Br.P.[Cu].c1ccccc1. The maximum absolute atomic E-state index is 2.00. The van der Waals surface area contributed by atoms with Gasteiger partial charge in [0.25, 0.3) is 0 Å². The van der Waals surface area contributed by atoms with Crippen LogP contribution in [-0.2, 0) is 17.1 Å². The van der Waals surface area contributed by atoms with Crippen molar-refractivity contribution >= 4 is 26.9 Å². The van der Waals surface area contributed by atoms with Gasteiger partial charge in [-0.2, -0.15) is 9.90 Å². The standard InChI is InChI=1S/C6H6.BrH.Cu.H3P/c1-2-4-6-5-3-1;;;/h1-6H;1H;;1H3. The van der Waals surface area contributed by atoms with Crippen LogP contribution >= 0.6 is 26.9 Å². The predicted molar refractivity (Wildman–Crippen MR) is 47.9 cm³/mol. The molecule has 9 heavy (non-hydrogen) atoms. The zero-order valence-electron chi connectivity index (χ0n) is 4.88. The van der Waals surface area contributed by atoms with E-state index in [1.54, 1.807) is 0 Å². The molecule has 0 heterocycles. The van der Waals surface area contributed by atoms with E-state index in [2.05, 4.69) is 0 Å². The van der Waals surface area contributed by atoms with E-state index in [0.717, 1.165) is 0 Å². The molecule has 0 bridgehead atoms. The third kappa shape index (κ3) is 8.65. The second-order valence-corrected chi connectivity index (χ2v) is 1.15. The van der Waals surface area contributed by atoms with Gasteiger partial charge >= 0.3 is 0 Å². The number of benzene rings is 1. The Balaban J connectivity index is -0.000000120. The number of rotatable bonds is 0. The molecule has 1 rings (SSSR count). The van der Waals surface area contributed by atoms with Gasteiger partial charge in [0.05, 0.1) is 0 Å². The summed E-state index contributed by atoms with van der Waals surface area (Å²) in [6.45, 7) is 0. The summed E-state index contributed by atoms with van der Waals surface area (Å²) < 4.78 is 0. The summed E-state index contributed by atoms with van der Waals surface area (Å²) in [5.41, 5.74) is 0. The molecule has 1 atom stereocenters. The molecule has 3 heteroatoms. The van der Waals surface area contributed by atoms with Gasteiger partial charge in [0, 0.05) is 17.1 Å². The van der Waals surface area contributed by atoms with E-state index in [-0.39, 0.29) is 43.9 Å². The molecular weight excluding hydrogens is 246 g/mol. The molecule has 57 valence electrons. The van der Waals surface area contributed by atoms with Crippen LogP contribution < -0.4 is 0 Å². The minimum Gasteiger partial charge on any atom is -0.153 e. The van der Waals surface area contributed by atoms with Crippen molar-refractivity contribution in [2.45, 2.75) is 0 Å². The Bertz CT molecular complexity index is 85.0. The Labute approximate surface area is 80.3 Å².